The van der Waals surface area contributed by atoms with Gasteiger partial charge < -0.3 is 9.73 Å². The quantitative estimate of drug-likeness (QED) is 0.592. The molecule has 0 saturated carbocycles. The fourth-order valence-electron chi connectivity index (χ4n) is 4.38. The third-order valence-electron chi connectivity index (χ3n) is 6.34. The Kier molecular flexibility index (Phi) is 5.28. The van der Waals surface area contributed by atoms with E-state index in [1.165, 1.54) is 5.01 Å². The molecule has 2 unspecified atom stereocenters. The molecule has 3 aromatic rings. The molecule has 1 N–H and O–H groups in total. The van der Waals surface area contributed by atoms with Gasteiger partial charge in [-0.2, -0.15) is 5.10 Å². The minimum Gasteiger partial charge on any atom is -0.467 e. The molecule has 34 heavy (non-hydrogen) atoms. The van der Waals surface area contributed by atoms with Gasteiger partial charge in [-0.1, -0.05) is 60.2 Å². The first-order chi connectivity index (χ1) is 16.4. The Balaban J connectivity index is 1.41. The Morgan fingerprint density at radius 3 is 2.50 bits per heavy atom. The number of amides is 4. The second kappa shape index (κ2) is 8.30. The van der Waals surface area contributed by atoms with E-state index in [-0.39, 0.29) is 0 Å². The zero-order valence-corrected chi connectivity index (χ0v) is 18.9. The van der Waals surface area contributed by atoms with Gasteiger partial charge in [0.2, 0.25) is 0 Å². The van der Waals surface area contributed by atoms with Crippen LogP contribution >= 0.6 is 0 Å². The highest BCUT2D eigenvalue weighted by Crippen LogP contribution is 2.34. The van der Waals surface area contributed by atoms with Crippen LogP contribution in [0.5, 0.6) is 0 Å². The summed E-state index contributed by atoms with van der Waals surface area (Å²) in [6.45, 7) is 3.22. The summed E-state index contributed by atoms with van der Waals surface area (Å²) in [5, 5.41) is 8.64. The molecule has 2 atom stereocenters. The van der Waals surface area contributed by atoms with Crippen molar-refractivity contribution in [2.45, 2.75) is 31.8 Å². The number of nitrogens with one attached hydrogen (secondary N) is 1. The van der Waals surface area contributed by atoms with Crippen LogP contribution in [0.3, 0.4) is 0 Å². The van der Waals surface area contributed by atoms with Gasteiger partial charge in [0.05, 0.1) is 12.0 Å². The summed E-state index contributed by atoms with van der Waals surface area (Å²) in [6.07, 6.45) is 2.01. The minimum absolute atomic E-state index is 0.422. The van der Waals surface area contributed by atoms with E-state index in [2.05, 4.69) is 10.4 Å². The molecule has 172 valence electrons. The van der Waals surface area contributed by atoms with Gasteiger partial charge in [-0.3, -0.25) is 14.5 Å². The SMILES string of the molecule is Cc1ccc(C2=NN(C(=O)CN3C(=O)NC(C)(c4ccccc4)C3=O)C(c3ccco3)C2)cc1. The van der Waals surface area contributed by atoms with Crippen molar-refractivity contribution >= 4 is 23.6 Å². The third kappa shape index (κ3) is 3.67. The van der Waals surface area contributed by atoms with Gasteiger partial charge in [-0.05, 0) is 37.1 Å². The van der Waals surface area contributed by atoms with Crippen LogP contribution in [0.15, 0.2) is 82.5 Å². The zero-order valence-electron chi connectivity index (χ0n) is 18.9. The van der Waals surface area contributed by atoms with Gasteiger partial charge in [0.1, 0.15) is 23.9 Å². The molecule has 2 aliphatic heterocycles. The molecular weight excluding hydrogens is 432 g/mol. The second-order valence-electron chi connectivity index (χ2n) is 8.70. The molecule has 3 heterocycles. The van der Waals surface area contributed by atoms with E-state index in [1.54, 1.807) is 49.6 Å². The first kappa shape index (κ1) is 21.6. The highest BCUT2D eigenvalue weighted by molar-refractivity contribution is 6.09. The van der Waals surface area contributed by atoms with Gasteiger partial charge in [0, 0.05) is 6.42 Å². The number of carbonyl (C=O) groups is 3. The molecule has 8 heteroatoms. The van der Waals surface area contributed by atoms with Gasteiger partial charge in [0.25, 0.3) is 11.8 Å². The molecule has 1 aromatic heterocycles. The number of furan rings is 1. The molecule has 2 aromatic carbocycles. The zero-order chi connectivity index (χ0) is 23.9. The van der Waals surface area contributed by atoms with E-state index < -0.39 is 36.0 Å². The van der Waals surface area contributed by atoms with Crippen LogP contribution in [-0.2, 0) is 15.1 Å². The monoisotopic (exact) mass is 456 g/mol. The highest BCUT2D eigenvalue weighted by atomic mass is 16.3. The number of aryl methyl sites for hydroxylation is 1. The standard InChI is InChI=1S/C26H24N4O4/c1-17-10-12-18(13-11-17)20-15-21(22-9-6-14-34-22)30(28-20)23(31)16-29-24(32)26(2,27-25(29)33)19-7-4-3-5-8-19/h3-14,21H,15-16H2,1-2H3,(H,27,33). The Morgan fingerprint density at radius 1 is 1.09 bits per heavy atom. The van der Waals surface area contributed by atoms with Crippen molar-refractivity contribution in [1.82, 2.24) is 15.2 Å². The maximum Gasteiger partial charge on any atom is 0.325 e. The lowest BCUT2D eigenvalue weighted by atomic mass is 9.92. The van der Waals surface area contributed by atoms with Gasteiger partial charge in [-0.25, -0.2) is 9.80 Å². The fourth-order valence-corrected chi connectivity index (χ4v) is 4.38. The average Bonchev–Trinajstić information content (AvgIpc) is 3.56. The second-order valence-corrected chi connectivity index (χ2v) is 8.70. The number of urea groups is 1. The Bertz CT molecular complexity index is 1270. The van der Waals surface area contributed by atoms with Crippen LogP contribution in [0.4, 0.5) is 4.79 Å². The molecule has 5 rings (SSSR count). The number of benzene rings is 2. The van der Waals surface area contributed by atoms with Crippen molar-refractivity contribution in [3.63, 3.8) is 0 Å². The number of rotatable bonds is 5. The van der Waals surface area contributed by atoms with Crippen molar-refractivity contribution in [2.75, 3.05) is 6.54 Å². The molecule has 1 saturated heterocycles. The summed E-state index contributed by atoms with van der Waals surface area (Å²) in [6, 6.07) is 19.4. The minimum atomic E-state index is -1.24. The van der Waals surface area contributed by atoms with E-state index in [9.17, 15) is 14.4 Å². The van der Waals surface area contributed by atoms with Crippen LogP contribution in [0.25, 0.3) is 0 Å². The number of hydrogen-bond donors (Lipinski definition) is 1. The van der Waals surface area contributed by atoms with Gasteiger partial charge >= 0.3 is 6.03 Å². The molecule has 0 radical (unpaired) electrons. The summed E-state index contributed by atoms with van der Waals surface area (Å²) < 4.78 is 5.58. The first-order valence-corrected chi connectivity index (χ1v) is 11.1. The number of hydrogen-bond acceptors (Lipinski definition) is 5. The molecule has 0 bridgehead atoms. The number of carbonyl (C=O) groups excluding carboxylic acids is 3. The molecule has 4 amide bonds. The lowest BCUT2D eigenvalue weighted by Crippen LogP contribution is -2.43. The van der Waals surface area contributed by atoms with E-state index in [0.717, 1.165) is 21.7 Å². The van der Waals surface area contributed by atoms with Crippen molar-refractivity contribution < 1.29 is 18.8 Å². The van der Waals surface area contributed by atoms with Crippen molar-refractivity contribution in [3.8, 4) is 0 Å². The van der Waals surface area contributed by atoms with Crippen LogP contribution in [0.1, 0.15) is 41.8 Å². The normalized spacial score (nSPS) is 22.2. The number of hydrazone groups is 1. The predicted molar refractivity (Wildman–Crippen MR) is 125 cm³/mol. The summed E-state index contributed by atoms with van der Waals surface area (Å²) in [4.78, 5) is 40.3. The number of nitrogens with zero attached hydrogens (tertiary/aromatic N) is 3. The largest absolute Gasteiger partial charge is 0.467 e. The summed E-state index contributed by atoms with van der Waals surface area (Å²) >= 11 is 0. The van der Waals surface area contributed by atoms with Crippen molar-refractivity contribution in [2.24, 2.45) is 5.10 Å². The Hall–Kier alpha value is -4.20. The first-order valence-electron chi connectivity index (χ1n) is 11.1. The summed E-state index contributed by atoms with van der Waals surface area (Å²) in [5.41, 5.74) is 2.18. The Morgan fingerprint density at radius 2 is 1.82 bits per heavy atom. The summed E-state index contributed by atoms with van der Waals surface area (Å²) in [7, 11) is 0. The molecule has 0 aliphatic carbocycles. The Labute approximate surface area is 196 Å². The molecule has 8 nitrogen and oxygen atoms in total. The van der Waals surface area contributed by atoms with E-state index in [4.69, 9.17) is 4.42 Å². The summed E-state index contributed by atoms with van der Waals surface area (Å²) in [5.74, 6) is -0.358. The molecule has 0 spiro atoms. The molecule has 2 aliphatic rings. The maximum atomic E-state index is 13.4. The smallest absolute Gasteiger partial charge is 0.325 e. The third-order valence-corrected chi connectivity index (χ3v) is 6.34. The van der Waals surface area contributed by atoms with E-state index >= 15 is 0 Å². The topological polar surface area (TPSA) is 95.2 Å². The van der Waals surface area contributed by atoms with Crippen LogP contribution in [-0.4, -0.2) is 40.0 Å². The lowest BCUT2D eigenvalue weighted by molar-refractivity contribution is -0.140. The number of imide groups is 1. The van der Waals surface area contributed by atoms with Gasteiger partial charge in [-0.15, -0.1) is 0 Å². The van der Waals surface area contributed by atoms with Crippen LogP contribution in [0, 0.1) is 6.92 Å². The van der Waals surface area contributed by atoms with E-state index in [1.807, 2.05) is 37.3 Å². The fraction of sp³-hybridized carbons (Fsp3) is 0.231. The van der Waals surface area contributed by atoms with E-state index in [0.29, 0.717) is 17.7 Å². The van der Waals surface area contributed by atoms with Crippen molar-refractivity contribution in [3.05, 3.63) is 95.4 Å². The lowest BCUT2D eigenvalue weighted by Gasteiger charge is -2.24. The average molecular weight is 457 g/mol. The van der Waals surface area contributed by atoms with Crippen LogP contribution < -0.4 is 5.32 Å². The molecular formula is C26H24N4O4. The molecule has 1 fully saturated rings. The maximum absolute atomic E-state index is 13.4. The van der Waals surface area contributed by atoms with Crippen molar-refractivity contribution in [1.29, 1.82) is 0 Å². The van der Waals surface area contributed by atoms with Gasteiger partial charge in [0.15, 0.2) is 0 Å². The van der Waals surface area contributed by atoms with Crippen LogP contribution in [0.2, 0.25) is 0 Å². The highest BCUT2D eigenvalue weighted by Gasteiger charge is 2.50. The predicted octanol–water partition coefficient (Wildman–Crippen LogP) is 3.73.